The maximum Gasteiger partial charge on any atom is 0.254 e. The van der Waals surface area contributed by atoms with E-state index >= 15 is 0 Å². The van der Waals surface area contributed by atoms with Crippen LogP contribution in [-0.2, 0) is 4.79 Å². The maximum absolute atomic E-state index is 12.3. The smallest absolute Gasteiger partial charge is 0.254 e. The molecule has 1 unspecified atom stereocenters. The van der Waals surface area contributed by atoms with Gasteiger partial charge in [0.15, 0.2) is 0 Å². The third-order valence-corrected chi connectivity index (χ3v) is 4.98. The number of hydrogen-bond donors (Lipinski definition) is 5. The van der Waals surface area contributed by atoms with E-state index in [9.17, 15) is 4.79 Å². The molecule has 0 aromatic heterocycles. The predicted molar refractivity (Wildman–Crippen MR) is 107 cm³/mol. The quantitative estimate of drug-likeness (QED) is 0.342. The number of amides is 1. The number of nitrogens with one attached hydrogen (secondary N) is 4. The van der Waals surface area contributed by atoms with Crippen LogP contribution in [0.4, 0.5) is 0 Å². The molecule has 1 saturated heterocycles. The monoisotopic (exact) mass is 369 g/mol. The summed E-state index contributed by atoms with van der Waals surface area (Å²) in [5.74, 6) is 0.194. The van der Waals surface area contributed by atoms with Gasteiger partial charge in [-0.3, -0.25) is 10.2 Å². The molecule has 1 fully saturated rings. The second-order valence-electron chi connectivity index (χ2n) is 6.85. The summed E-state index contributed by atoms with van der Waals surface area (Å²) in [6, 6.07) is 0.551. The van der Waals surface area contributed by atoms with Gasteiger partial charge in [-0.2, -0.15) is 0 Å². The Bertz CT molecular complexity index is 760. The molecular formula is C19H27N7O. The highest BCUT2D eigenvalue weighted by atomic mass is 16.1. The lowest BCUT2D eigenvalue weighted by atomic mass is 10.1. The topological polar surface area (TPSA) is 119 Å². The predicted octanol–water partition coefficient (Wildman–Crippen LogP) is 0.336. The van der Waals surface area contributed by atoms with Gasteiger partial charge in [0.05, 0.1) is 11.1 Å². The van der Waals surface area contributed by atoms with Crippen LogP contribution in [0.3, 0.4) is 0 Å². The Morgan fingerprint density at radius 1 is 1.52 bits per heavy atom. The van der Waals surface area contributed by atoms with Gasteiger partial charge in [0.1, 0.15) is 11.7 Å². The second kappa shape index (κ2) is 8.68. The van der Waals surface area contributed by atoms with Gasteiger partial charge in [0, 0.05) is 37.2 Å². The number of nitrogens with two attached hydrogens (primary N) is 1. The van der Waals surface area contributed by atoms with E-state index in [1.165, 1.54) is 19.1 Å². The van der Waals surface area contributed by atoms with Crippen molar-refractivity contribution in [3.63, 3.8) is 0 Å². The molecule has 0 bridgehead atoms. The molecule has 6 N–H and O–H groups in total. The Labute approximate surface area is 159 Å². The number of aliphatic imine (C=N–C) groups is 1. The molecule has 0 spiro atoms. The van der Waals surface area contributed by atoms with Crippen LogP contribution in [0, 0.1) is 5.41 Å². The molecule has 1 atom stereocenters. The number of hydrogen-bond acceptors (Lipinski definition) is 6. The average Bonchev–Trinajstić information content (AvgIpc) is 3.08. The standard InChI is InChI=1S/C19H27N7O/c1-26-10-4-5-14(26)7-9-23-19(27)13-11-24-18(25-12-13)16(17(20)21)15-6-2-3-8-22-15/h2-3,6,11-12,14,22,24H,4-5,7-10H2,1H3,(H3,20,21)(H,23,27)/b18-16+. The fourth-order valence-electron chi connectivity index (χ4n) is 3.45. The summed E-state index contributed by atoms with van der Waals surface area (Å²) in [4.78, 5) is 19.0. The van der Waals surface area contributed by atoms with E-state index in [-0.39, 0.29) is 11.7 Å². The zero-order chi connectivity index (χ0) is 19.2. The van der Waals surface area contributed by atoms with E-state index in [0.717, 1.165) is 18.7 Å². The summed E-state index contributed by atoms with van der Waals surface area (Å²) in [6.07, 6.45) is 12.2. The van der Waals surface area contributed by atoms with Crippen molar-refractivity contribution in [2.24, 2.45) is 10.7 Å². The first-order valence-electron chi connectivity index (χ1n) is 9.25. The SMILES string of the molecule is CN1CCCC1CCNC(=O)C1=CN/C(=C(\C(=N)N)C2=CC=CCN2)N=C1. The van der Waals surface area contributed by atoms with Crippen LogP contribution in [0.15, 0.2) is 52.1 Å². The highest BCUT2D eigenvalue weighted by Crippen LogP contribution is 2.18. The molecule has 0 aromatic rings. The number of amidine groups is 1. The number of carbonyl (C=O) groups is 1. The minimum atomic E-state index is -0.159. The zero-order valence-corrected chi connectivity index (χ0v) is 15.6. The Morgan fingerprint density at radius 2 is 2.37 bits per heavy atom. The lowest BCUT2D eigenvalue weighted by Gasteiger charge is -2.20. The normalized spacial score (nSPS) is 23.8. The van der Waals surface area contributed by atoms with Crippen molar-refractivity contribution in [2.45, 2.75) is 25.3 Å². The summed E-state index contributed by atoms with van der Waals surface area (Å²) in [5.41, 5.74) is 7.39. The van der Waals surface area contributed by atoms with Crippen LogP contribution in [0.5, 0.6) is 0 Å². The molecule has 3 aliphatic heterocycles. The van der Waals surface area contributed by atoms with Crippen molar-refractivity contribution in [2.75, 3.05) is 26.7 Å². The van der Waals surface area contributed by atoms with E-state index in [0.29, 0.717) is 36.1 Å². The third kappa shape index (κ3) is 4.65. The molecule has 8 nitrogen and oxygen atoms in total. The number of allylic oxidation sites excluding steroid dienone is 2. The molecule has 27 heavy (non-hydrogen) atoms. The van der Waals surface area contributed by atoms with Crippen LogP contribution >= 0.6 is 0 Å². The van der Waals surface area contributed by atoms with E-state index in [1.807, 2.05) is 18.2 Å². The number of dihydropyridines is 1. The van der Waals surface area contributed by atoms with Crippen LogP contribution in [0.25, 0.3) is 0 Å². The Hall–Kier alpha value is -2.87. The highest BCUT2D eigenvalue weighted by Gasteiger charge is 2.21. The van der Waals surface area contributed by atoms with E-state index < -0.39 is 0 Å². The molecular weight excluding hydrogens is 342 g/mol. The Morgan fingerprint density at radius 3 is 2.96 bits per heavy atom. The number of nitrogens with zero attached hydrogens (tertiary/aromatic N) is 2. The average molecular weight is 369 g/mol. The molecule has 0 saturated carbocycles. The summed E-state index contributed by atoms with van der Waals surface area (Å²) in [5, 5.41) is 17.0. The molecule has 1 amide bonds. The van der Waals surface area contributed by atoms with Crippen LogP contribution in [-0.4, -0.2) is 55.6 Å². The molecule has 0 aliphatic carbocycles. The minimum Gasteiger partial charge on any atom is -0.384 e. The lowest BCUT2D eigenvalue weighted by molar-refractivity contribution is -0.117. The largest absolute Gasteiger partial charge is 0.384 e. The van der Waals surface area contributed by atoms with Crippen molar-refractivity contribution in [3.05, 3.63) is 47.1 Å². The van der Waals surface area contributed by atoms with E-state index in [1.54, 1.807) is 6.20 Å². The molecule has 0 radical (unpaired) electrons. The first kappa shape index (κ1) is 18.9. The summed E-state index contributed by atoms with van der Waals surface area (Å²) in [6.45, 7) is 2.44. The van der Waals surface area contributed by atoms with Gasteiger partial charge in [-0.25, -0.2) is 4.99 Å². The van der Waals surface area contributed by atoms with Crippen molar-refractivity contribution in [1.29, 1.82) is 5.41 Å². The van der Waals surface area contributed by atoms with E-state index in [4.69, 9.17) is 11.1 Å². The van der Waals surface area contributed by atoms with Gasteiger partial charge in [0.25, 0.3) is 5.91 Å². The van der Waals surface area contributed by atoms with Crippen molar-refractivity contribution >= 4 is 18.0 Å². The van der Waals surface area contributed by atoms with Crippen molar-refractivity contribution in [1.82, 2.24) is 20.9 Å². The van der Waals surface area contributed by atoms with Crippen LogP contribution in [0.2, 0.25) is 0 Å². The van der Waals surface area contributed by atoms with Gasteiger partial charge >= 0.3 is 0 Å². The van der Waals surface area contributed by atoms with Gasteiger partial charge in [-0.15, -0.1) is 0 Å². The summed E-state index contributed by atoms with van der Waals surface area (Å²) in [7, 11) is 2.13. The van der Waals surface area contributed by atoms with E-state index in [2.05, 4.69) is 32.9 Å². The third-order valence-electron chi connectivity index (χ3n) is 4.98. The lowest BCUT2D eigenvalue weighted by Crippen LogP contribution is -2.34. The fraction of sp³-hybridized carbons (Fsp3) is 0.421. The Kier molecular flexibility index (Phi) is 6.08. The molecule has 144 valence electrons. The second-order valence-corrected chi connectivity index (χ2v) is 6.85. The van der Waals surface area contributed by atoms with Crippen LogP contribution < -0.4 is 21.7 Å². The maximum atomic E-state index is 12.3. The van der Waals surface area contributed by atoms with Gasteiger partial charge < -0.3 is 26.6 Å². The highest BCUT2D eigenvalue weighted by molar-refractivity contribution is 6.13. The molecule has 3 aliphatic rings. The summed E-state index contributed by atoms with van der Waals surface area (Å²) < 4.78 is 0. The number of rotatable bonds is 6. The molecule has 8 heteroatoms. The fourth-order valence-corrected chi connectivity index (χ4v) is 3.45. The van der Waals surface area contributed by atoms with Crippen LogP contribution in [0.1, 0.15) is 19.3 Å². The summed E-state index contributed by atoms with van der Waals surface area (Å²) >= 11 is 0. The number of carbonyl (C=O) groups excluding carboxylic acids is 1. The molecule has 3 rings (SSSR count). The van der Waals surface area contributed by atoms with Gasteiger partial charge in [0.2, 0.25) is 0 Å². The molecule has 3 heterocycles. The van der Waals surface area contributed by atoms with Gasteiger partial charge in [-0.05, 0) is 38.9 Å². The first-order valence-corrected chi connectivity index (χ1v) is 9.25. The van der Waals surface area contributed by atoms with Crippen molar-refractivity contribution < 1.29 is 4.79 Å². The Balaban J connectivity index is 1.59. The number of likely N-dealkylation sites (tertiary alicyclic amines) is 1. The minimum absolute atomic E-state index is 0.0920. The zero-order valence-electron chi connectivity index (χ0n) is 15.6. The first-order chi connectivity index (χ1) is 13.1. The van der Waals surface area contributed by atoms with Crippen molar-refractivity contribution in [3.8, 4) is 0 Å². The van der Waals surface area contributed by atoms with Gasteiger partial charge in [-0.1, -0.05) is 12.2 Å². The molecule has 0 aromatic carbocycles.